The minimum absolute atomic E-state index is 0. The number of ether oxygens (including phenoxy) is 1. The van der Waals surface area contributed by atoms with Crippen LogP contribution in [-0.2, 0) is 0 Å². The SMILES string of the molecule is CCC1CN2CCC1CC2C(O)c1cnc2ccc(OCCC(C)C)cc2c1.Cl.Cl. The Hall–Kier alpha value is -1.07. The predicted molar refractivity (Wildman–Crippen MR) is 128 cm³/mol. The van der Waals surface area contributed by atoms with Crippen molar-refractivity contribution in [1.82, 2.24) is 9.88 Å². The lowest BCUT2D eigenvalue weighted by Gasteiger charge is -2.51. The molecule has 3 fully saturated rings. The van der Waals surface area contributed by atoms with Gasteiger partial charge >= 0.3 is 0 Å². The Bertz CT molecular complexity index is 817. The Morgan fingerprint density at radius 1 is 1.23 bits per heavy atom. The van der Waals surface area contributed by atoms with Gasteiger partial charge in [0.2, 0.25) is 0 Å². The summed E-state index contributed by atoms with van der Waals surface area (Å²) in [5, 5.41) is 12.2. The zero-order valence-corrected chi connectivity index (χ0v) is 19.9. The van der Waals surface area contributed by atoms with Gasteiger partial charge in [-0.25, -0.2) is 0 Å². The van der Waals surface area contributed by atoms with E-state index in [1.807, 2.05) is 18.3 Å². The highest BCUT2D eigenvalue weighted by Crippen LogP contribution is 2.42. The van der Waals surface area contributed by atoms with Gasteiger partial charge in [0.1, 0.15) is 5.75 Å². The second-order valence-electron chi connectivity index (χ2n) is 9.11. The van der Waals surface area contributed by atoms with Crippen molar-refractivity contribution in [1.29, 1.82) is 0 Å². The number of nitrogens with zero attached hydrogens (tertiary/aromatic N) is 2. The molecule has 1 aromatic heterocycles. The van der Waals surface area contributed by atoms with Crippen LogP contribution in [0.15, 0.2) is 30.5 Å². The van der Waals surface area contributed by atoms with Gasteiger partial charge in [-0.2, -0.15) is 0 Å². The number of rotatable bonds is 7. The third-order valence-corrected chi connectivity index (χ3v) is 6.80. The molecule has 5 rings (SSSR count). The van der Waals surface area contributed by atoms with E-state index in [9.17, 15) is 5.11 Å². The van der Waals surface area contributed by atoms with Crippen LogP contribution in [-0.4, -0.2) is 40.7 Å². The number of aliphatic hydroxyl groups excluding tert-OH is 1. The van der Waals surface area contributed by atoms with E-state index < -0.39 is 6.10 Å². The smallest absolute Gasteiger partial charge is 0.120 e. The second-order valence-corrected chi connectivity index (χ2v) is 9.11. The molecule has 0 spiro atoms. The highest BCUT2D eigenvalue weighted by Gasteiger charge is 2.42. The third kappa shape index (κ3) is 5.40. The second kappa shape index (κ2) is 11.0. The topological polar surface area (TPSA) is 45.6 Å². The fraction of sp³-hybridized carbons (Fsp3) is 0.625. The van der Waals surface area contributed by atoms with Crippen molar-refractivity contribution in [2.45, 2.75) is 58.6 Å². The van der Waals surface area contributed by atoms with Crippen LogP contribution in [0.1, 0.15) is 58.1 Å². The van der Waals surface area contributed by atoms with Gasteiger partial charge < -0.3 is 9.84 Å². The summed E-state index contributed by atoms with van der Waals surface area (Å²) in [7, 11) is 0. The normalized spacial score (nSPS) is 26.2. The van der Waals surface area contributed by atoms with E-state index in [0.717, 1.165) is 66.6 Å². The molecule has 4 heterocycles. The summed E-state index contributed by atoms with van der Waals surface area (Å²) < 4.78 is 5.91. The first-order valence-electron chi connectivity index (χ1n) is 11.0. The summed E-state index contributed by atoms with van der Waals surface area (Å²) in [6, 6.07) is 8.38. The average Bonchev–Trinajstić information content (AvgIpc) is 2.72. The van der Waals surface area contributed by atoms with Gasteiger partial charge in [-0.1, -0.05) is 27.2 Å². The van der Waals surface area contributed by atoms with Crippen molar-refractivity contribution >= 4 is 35.7 Å². The molecule has 4 nitrogen and oxygen atoms in total. The van der Waals surface area contributed by atoms with Crippen molar-refractivity contribution in [2.24, 2.45) is 17.8 Å². The van der Waals surface area contributed by atoms with E-state index in [4.69, 9.17) is 4.74 Å². The predicted octanol–water partition coefficient (Wildman–Crippen LogP) is 5.66. The molecule has 1 N–H and O–H groups in total. The van der Waals surface area contributed by atoms with E-state index >= 15 is 0 Å². The number of aromatic nitrogens is 1. The molecule has 2 bridgehead atoms. The molecule has 3 aliphatic rings. The van der Waals surface area contributed by atoms with Crippen LogP contribution in [0.25, 0.3) is 10.9 Å². The van der Waals surface area contributed by atoms with Crippen molar-refractivity contribution < 1.29 is 9.84 Å². The number of benzene rings is 1. The van der Waals surface area contributed by atoms with E-state index in [0.29, 0.717) is 5.92 Å². The molecule has 0 saturated carbocycles. The summed E-state index contributed by atoms with van der Waals surface area (Å²) in [5.74, 6) is 3.09. The van der Waals surface area contributed by atoms with E-state index in [-0.39, 0.29) is 30.9 Å². The first-order chi connectivity index (χ1) is 13.5. The fourth-order valence-corrected chi connectivity index (χ4v) is 4.98. The molecular weight excluding hydrogens is 419 g/mol. The minimum atomic E-state index is -0.469. The Balaban J connectivity index is 0.00000160. The Morgan fingerprint density at radius 2 is 2.03 bits per heavy atom. The monoisotopic (exact) mass is 454 g/mol. The van der Waals surface area contributed by atoms with Crippen molar-refractivity contribution in [3.63, 3.8) is 0 Å². The van der Waals surface area contributed by atoms with E-state index in [2.05, 4.69) is 42.8 Å². The molecule has 5 atom stereocenters. The molecule has 5 unspecified atom stereocenters. The van der Waals surface area contributed by atoms with E-state index in [1.54, 1.807) is 0 Å². The molecule has 0 aliphatic carbocycles. The molecular formula is C24H36Cl2N2O2. The molecule has 0 radical (unpaired) electrons. The molecule has 168 valence electrons. The summed E-state index contributed by atoms with van der Waals surface area (Å²) in [5.41, 5.74) is 1.88. The van der Waals surface area contributed by atoms with Crippen LogP contribution in [0.2, 0.25) is 0 Å². The standard InChI is InChI=1S/C24H34N2O2.2ClH/c1-4-17-15-26-9-7-18(17)13-23(26)24(27)20-11-19-12-21(28-10-8-16(2)3)5-6-22(19)25-14-20;;/h5-6,11-12,14,16-18,23-24,27H,4,7-10,13,15H2,1-3H3;2*1H. The quantitative estimate of drug-likeness (QED) is 0.586. The highest BCUT2D eigenvalue weighted by molar-refractivity contribution is 5.85. The molecule has 0 amide bonds. The van der Waals surface area contributed by atoms with Crippen molar-refractivity contribution in [3.05, 3.63) is 36.0 Å². The maximum absolute atomic E-state index is 11.1. The Morgan fingerprint density at radius 3 is 2.70 bits per heavy atom. The Kier molecular flexibility index (Phi) is 9.23. The number of piperidine rings is 3. The van der Waals surface area contributed by atoms with Gasteiger partial charge in [-0.3, -0.25) is 9.88 Å². The van der Waals surface area contributed by atoms with Crippen LogP contribution < -0.4 is 4.74 Å². The minimum Gasteiger partial charge on any atom is -0.494 e. The summed E-state index contributed by atoms with van der Waals surface area (Å²) in [4.78, 5) is 7.11. The summed E-state index contributed by atoms with van der Waals surface area (Å²) in [6.07, 6.45) is 6.08. The summed E-state index contributed by atoms with van der Waals surface area (Å²) >= 11 is 0. The number of halogens is 2. The van der Waals surface area contributed by atoms with Gasteiger partial charge in [0.05, 0.1) is 18.2 Å². The number of hydrogen-bond donors (Lipinski definition) is 1. The largest absolute Gasteiger partial charge is 0.494 e. The summed E-state index contributed by atoms with van der Waals surface area (Å²) in [6.45, 7) is 9.70. The van der Waals surface area contributed by atoms with Crippen LogP contribution in [0, 0.1) is 17.8 Å². The molecule has 1 aromatic carbocycles. The van der Waals surface area contributed by atoms with Gasteiger partial charge in [0.25, 0.3) is 0 Å². The van der Waals surface area contributed by atoms with Crippen molar-refractivity contribution in [3.8, 4) is 5.75 Å². The highest BCUT2D eigenvalue weighted by atomic mass is 35.5. The zero-order chi connectivity index (χ0) is 19.7. The van der Waals surface area contributed by atoms with Gasteiger partial charge in [0.15, 0.2) is 0 Å². The van der Waals surface area contributed by atoms with Gasteiger partial charge in [-0.15, -0.1) is 24.8 Å². The number of hydrogen-bond acceptors (Lipinski definition) is 4. The molecule has 3 aliphatic heterocycles. The van der Waals surface area contributed by atoms with Crippen molar-refractivity contribution in [2.75, 3.05) is 19.7 Å². The van der Waals surface area contributed by atoms with E-state index in [1.165, 1.54) is 12.8 Å². The number of aliphatic hydroxyl groups is 1. The zero-order valence-electron chi connectivity index (χ0n) is 18.3. The van der Waals surface area contributed by atoms with Gasteiger partial charge in [0, 0.05) is 29.7 Å². The first-order valence-corrected chi connectivity index (χ1v) is 11.0. The number of pyridine rings is 1. The van der Waals surface area contributed by atoms with Gasteiger partial charge in [-0.05, 0) is 67.8 Å². The fourth-order valence-electron chi connectivity index (χ4n) is 4.98. The molecule has 30 heavy (non-hydrogen) atoms. The lowest BCUT2D eigenvalue weighted by atomic mass is 9.73. The lowest BCUT2D eigenvalue weighted by Crippen LogP contribution is -2.55. The number of fused-ring (bicyclic) bond motifs is 4. The Labute approximate surface area is 193 Å². The van der Waals surface area contributed by atoms with Crippen LogP contribution in [0.3, 0.4) is 0 Å². The van der Waals surface area contributed by atoms with Crippen LogP contribution >= 0.6 is 24.8 Å². The lowest BCUT2D eigenvalue weighted by molar-refractivity contribution is -0.0566. The maximum Gasteiger partial charge on any atom is 0.120 e. The molecule has 2 aromatic rings. The third-order valence-electron chi connectivity index (χ3n) is 6.80. The average molecular weight is 455 g/mol. The maximum atomic E-state index is 11.1. The molecule has 6 heteroatoms. The molecule has 3 saturated heterocycles. The first kappa shape index (κ1) is 25.2. The van der Waals surface area contributed by atoms with Crippen LogP contribution in [0.5, 0.6) is 5.75 Å². The van der Waals surface area contributed by atoms with Crippen LogP contribution in [0.4, 0.5) is 0 Å².